The lowest BCUT2D eigenvalue weighted by atomic mass is 10.0. The Morgan fingerprint density at radius 1 is 1.12 bits per heavy atom. The largest absolute Gasteiger partial charge is 0.381 e. The van der Waals surface area contributed by atoms with Gasteiger partial charge in [0.25, 0.3) is 0 Å². The van der Waals surface area contributed by atoms with Crippen molar-refractivity contribution >= 4 is 34.2 Å². The fourth-order valence-electron chi connectivity index (χ4n) is 4.16. The molecule has 2 saturated heterocycles. The second-order valence-corrected chi connectivity index (χ2v) is 8.65. The molecule has 0 aliphatic carbocycles. The molecule has 0 bridgehead atoms. The normalized spacial score (nSPS) is 19.0. The first kappa shape index (κ1) is 20.8. The van der Waals surface area contributed by atoms with Crippen molar-refractivity contribution in [3.63, 3.8) is 0 Å². The Morgan fingerprint density at radius 3 is 2.72 bits per heavy atom. The van der Waals surface area contributed by atoms with Crippen LogP contribution in [0.4, 0.5) is 23.3 Å². The molecule has 2 aliphatic heterocycles. The summed E-state index contributed by atoms with van der Waals surface area (Å²) < 4.78 is 5.56. The first-order valence-corrected chi connectivity index (χ1v) is 11.4. The monoisotopic (exact) mass is 434 g/mol. The van der Waals surface area contributed by atoms with E-state index in [1.54, 1.807) is 0 Å². The lowest BCUT2D eigenvalue weighted by Gasteiger charge is -2.29. The number of aromatic nitrogens is 4. The van der Waals surface area contributed by atoms with Gasteiger partial charge in [-0.05, 0) is 38.5 Å². The number of pyridine rings is 2. The molecule has 0 spiro atoms. The van der Waals surface area contributed by atoms with Crippen molar-refractivity contribution in [3.8, 4) is 0 Å². The number of nitrogens with one attached hydrogen (secondary N) is 3. The van der Waals surface area contributed by atoms with E-state index in [0.717, 1.165) is 73.9 Å². The highest BCUT2D eigenvalue weighted by molar-refractivity contribution is 5.89. The number of nitrogens with zero attached hydrogens (tertiary/aromatic N) is 5. The second-order valence-electron chi connectivity index (χ2n) is 8.65. The van der Waals surface area contributed by atoms with Gasteiger partial charge in [-0.3, -0.25) is 0 Å². The summed E-state index contributed by atoms with van der Waals surface area (Å²) in [7, 11) is 0. The Hall–Kier alpha value is -3.04. The van der Waals surface area contributed by atoms with Crippen LogP contribution in [0.2, 0.25) is 0 Å². The van der Waals surface area contributed by atoms with Crippen molar-refractivity contribution in [3.05, 3.63) is 36.3 Å². The molecule has 2 aliphatic rings. The van der Waals surface area contributed by atoms with Crippen LogP contribution < -0.4 is 20.9 Å². The minimum absolute atomic E-state index is 0.242. The second kappa shape index (κ2) is 9.22. The van der Waals surface area contributed by atoms with Crippen LogP contribution in [0, 0.1) is 0 Å². The van der Waals surface area contributed by atoms with Gasteiger partial charge in [0.05, 0.1) is 18.5 Å². The number of hydrogen-bond donors (Lipinski definition) is 3. The van der Waals surface area contributed by atoms with Crippen molar-refractivity contribution in [2.24, 2.45) is 0 Å². The summed E-state index contributed by atoms with van der Waals surface area (Å²) in [5.74, 6) is 2.33. The van der Waals surface area contributed by atoms with Gasteiger partial charge in [0.1, 0.15) is 11.3 Å². The van der Waals surface area contributed by atoms with Crippen molar-refractivity contribution in [2.45, 2.75) is 32.2 Å². The number of hydrogen-bond acceptors (Lipinski definition) is 9. The molecule has 3 aromatic rings. The number of ether oxygens (including phenoxy) is 1. The van der Waals surface area contributed by atoms with E-state index in [-0.39, 0.29) is 6.04 Å². The van der Waals surface area contributed by atoms with Crippen LogP contribution in [-0.2, 0) is 4.74 Å². The quantitative estimate of drug-likeness (QED) is 0.541. The molecule has 9 heteroatoms. The zero-order valence-corrected chi connectivity index (χ0v) is 18.6. The third-order valence-corrected chi connectivity index (χ3v) is 5.83. The van der Waals surface area contributed by atoms with Crippen molar-refractivity contribution in [1.29, 1.82) is 0 Å². The summed E-state index contributed by atoms with van der Waals surface area (Å²) in [6, 6.07) is 6.39. The maximum atomic E-state index is 5.56. The van der Waals surface area contributed by atoms with Gasteiger partial charge >= 0.3 is 0 Å². The lowest BCUT2D eigenvalue weighted by Crippen LogP contribution is -2.43. The SMILES string of the molecule is CC(C)Nc1nc(C2CCOC2)cc2cnc(Nc3ccc(N4CCNCC4)cn3)nc12. The van der Waals surface area contributed by atoms with Gasteiger partial charge in [-0.15, -0.1) is 0 Å². The summed E-state index contributed by atoms with van der Waals surface area (Å²) in [5, 5.41) is 11.0. The third kappa shape index (κ3) is 4.58. The van der Waals surface area contributed by atoms with Crippen LogP contribution in [0.5, 0.6) is 0 Å². The Morgan fingerprint density at radius 2 is 2.00 bits per heavy atom. The molecular formula is C23H30N8O. The third-order valence-electron chi connectivity index (χ3n) is 5.83. The first-order chi connectivity index (χ1) is 15.7. The molecule has 2 fully saturated rings. The molecule has 3 N–H and O–H groups in total. The average Bonchev–Trinajstić information content (AvgIpc) is 3.35. The van der Waals surface area contributed by atoms with E-state index in [4.69, 9.17) is 14.7 Å². The van der Waals surface area contributed by atoms with Gasteiger partial charge in [-0.1, -0.05) is 0 Å². The van der Waals surface area contributed by atoms with Crippen LogP contribution in [0.25, 0.3) is 10.9 Å². The van der Waals surface area contributed by atoms with Crippen LogP contribution >= 0.6 is 0 Å². The molecule has 9 nitrogen and oxygen atoms in total. The molecular weight excluding hydrogens is 404 g/mol. The minimum Gasteiger partial charge on any atom is -0.381 e. The molecule has 0 radical (unpaired) electrons. The summed E-state index contributed by atoms with van der Waals surface area (Å²) >= 11 is 0. The molecule has 3 aromatic heterocycles. The van der Waals surface area contributed by atoms with Crippen LogP contribution in [0.3, 0.4) is 0 Å². The van der Waals surface area contributed by atoms with Gasteiger partial charge in [-0.2, -0.15) is 0 Å². The molecule has 0 amide bonds. The van der Waals surface area contributed by atoms with Gasteiger partial charge in [-0.25, -0.2) is 19.9 Å². The number of anilines is 4. The molecule has 0 aromatic carbocycles. The molecule has 1 unspecified atom stereocenters. The summed E-state index contributed by atoms with van der Waals surface area (Å²) in [5.41, 5.74) is 2.97. The summed E-state index contributed by atoms with van der Waals surface area (Å²) in [6.07, 6.45) is 4.75. The number of fused-ring (bicyclic) bond motifs is 1. The van der Waals surface area contributed by atoms with Gasteiger partial charge in [0.15, 0.2) is 5.82 Å². The van der Waals surface area contributed by atoms with Gasteiger partial charge in [0.2, 0.25) is 5.95 Å². The zero-order valence-electron chi connectivity index (χ0n) is 18.6. The Balaban J connectivity index is 1.40. The molecule has 0 saturated carbocycles. The fourth-order valence-corrected chi connectivity index (χ4v) is 4.16. The maximum absolute atomic E-state index is 5.56. The maximum Gasteiger partial charge on any atom is 0.229 e. The zero-order chi connectivity index (χ0) is 21.9. The molecule has 168 valence electrons. The van der Waals surface area contributed by atoms with Crippen LogP contribution in [-0.4, -0.2) is 65.4 Å². The van der Waals surface area contributed by atoms with E-state index in [9.17, 15) is 0 Å². The number of rotatable bonds is 6. The van der Waals surface area contributed by atoms with Crippen molar-refractivity contribution < 1.29 is 4.74 Å². The van der Waals surface area contributed by atoms with E-state index in [1.807, 2.05) is 18.5 Å². The van der Waals surface area contributed by atoms with Gasteiger partial charge in [0, 0.05) is 62.0 Å². The summed E-state index contributed by atoms with van der Waals surface area (Å²) in [4.78, 5) is 21.1. The summed E-state index contributed by atoms with van der Waals surface area (Å²) in [6.45, 7) is 9.70. The van der Waals surface area contributed by atoms with E-state index in [1.165, 1.54) is 0 Å². The smallest absolute Gasteiger partial charge is 0.229 e. The van der Waals surface area contributed by atoms with Gasteiger partial charge < -0.3 is 25.6 Å². The fraction of sp³-hybridized carbons (Fsp3) is 0.478. The Kier molecular flexibility index (Phi) is 6.00. The van der Waals surface area contributed by atoms with Crippen LogP contribution in [0.15, 0.2) is 30.6 Å². The van der Waals surface area contributed by atoms with E-state index in [2.05, 4.69) is 56.8 Å². The predicted octanol–water partition coefficient (Wildman–Crippen LogP) is 2.90. The molecule has 5 heterocycles. The highest BCUT2D eigenvalue weighted by Gasteiger charge is 2.21. The Bertz CT molecular complexity index is 1060. The molecule has 5 rings (SSSR count). The average molecular weight is 435 g/mol. The predicted molar refractivity (Wildman–Crippen MR) is 127 cm³/mol. The Labute approximate surface area is 188 Å². The topological polar surface area (TPSA) is 100 Å². The molecule has 1 atom stereocenters. The van der Waals surface area contributed by atoms with Crippen molar-refractivity contribution in [1.82, 2.24) is 25.3 Å². The highest BCUT2D eigenvalue weighted by atomic mass is 16.5. The minimum atomic E-state index is 0.242. The van der Waals surface area contributed by atoms with E-state index >= 15 is 0 Å². The van der Waals surface area contributed by atoms with E-state index in [0.29, 0.717) is 17.7 Å². The standard InChI is InChI=1S/C23H30N8O/c1-15(2)27-22-21-17(11-19(28-22)16-5-10-32-14-16)12-26-23(30-21)29-20-4-3-18(13-25-20)31-8-6-24-7-9-31/h3-4,11-13,15-16,24H,5-10,14H2,1-2H3,(H,27,28)(H,25,26,29,30). The lowest BCUT2D eigenvalue weighted by molar-refractivity contribution is 0.193. The highest BCUT2D eigenvalue weighted by Crippen LogP contribution is 2.30. The van der Waals surface area contributed by atoms with Crippen LogP contribution in [0.1, 0.15) is 31.9 Å². The van der Waals surface area contributed by atoms with E-state index < -0.39 is 0 Å². The number of piperazine rings is 1. The molecule has 32 heavy (non-hydrogen) atoms. The van der Waals surface area contributed by atoms with Crippen molar-refractivity contribution in [2.75, 3.05) is 54.9 Å². The first-order valence-electron chi connectivity index (χ1n) is 11.4.